The topological polar surface area (TPSA) is 54.0 Å². The molecule has 0 radical (unpaired) electrons. The fourth-order valence-corrected chi connectivity index (χ4v) is 0.612. The normalized spacial score (nSPS) is 9.80. The van der Waals surface area contributed by atoms with E-state index in [1.807, 2.05) is 0 Å². The minimum Gasteiger partial charge on any atom is -0.187 e. The molecule has 10 heavy (non-hydrogen) atoms. The molecule has 0 spiro atoms. The van der Waals surface area contributed by atoms with Crippen LogP contribution in [0.4, 0.5) is 0 Å². The molecule has 0 aliphatic rings. The third kappa shape index (κ3) is 6.07. The zero-order valence-electron chi connectivity index (χ0n) is 5.90. The van der Waals surface area contributed by atoms with E-state index >= 15 is 0 Å². The average Bonchev–Trinajstić information content (AvgIpc) is 1.97. The maximum atomic E-state index is 10.4. The van der Waals surface area contributed by atoms with Crippen molar-refractivity contribution in [3.63, 3.8) is 0 Å². The Labute approximate surface area is 60.0 Å². The lowest BCUT2D eigenvalue weighted by Crippen LogP contribution is -1.89. The summed E-state index contributed by atoms with van der Waals surface area (Å²) in [5.74, 6) is 0. The first kappa shape index (κ1) is 9.94. The van der Waals surface area contributed by atoms with Crippen molar-refractivity contribution >= 4 is 8.25 Å². The molecule has 0 aromatic rings. The Balaban J connectivity index is 3.09. The quantitative estimate of drug-likeness (QED) is 0.343. The molecule has 0 aromatic carbocycles. The zero-order chi connectivity index (χ0) is 7.82. The summed E-state index contributed by atoms with van der Waals surface area (Å²) in [5.41, 5.74) is 0. The Morgan fingerprint density at radius 1 is 1.10 bits per heavy atom. The van der Waals surface area contributed by atoms with Crippen molar-refractivity contribution in [1.29, 1.82) is 0 Å². The van der Waals surface area contributed by atoms with E-state index < -0.39 is 8.25 Å². The van der Waals surface area contributed by atoms with Gasteiger partial charge in [0.15, 0.2) is 0 Å². The molecule has 0 aromatic heterocycles. The molecule has 0 heterocycles. The highest BCUT2D eigenvalue weighted by Gasteiger charge is 2.23. The first-order valence-electron chi connectivity index (χ1n) is 2.87. The van der Waals surface area contributed by atoms with Crippen molar-refractivity contribution in [2.45, 2.75) is 13.8 Å². The zero-order valence-corrected chi connectivity index (χ0v) is 6.80. The second kappa shape index (κ2) is 7.05. The Bertz CT molecular complexity index is 85.6. The first-order valence-corrected chi connectivity index (χ1v) is 3.97. The van der Waals surface area contributed by atoms with Crippen LogP contribution in [0.1, 0.15) is 13.8 Å². The molecule has 0 unspecified atom stereocenters. The molecule has 0 atom stereocenters. The fraction of sp³-hybridized carbons (Fsp3) is 1.00. The van der Waals surface area contributed by atoms with E-state index in [0.29, 0.717) is 13.2 Å². The van der Waals surface area contributed by atoms with Crippen molar-refractivity contribution in [2.24, 2.45) is 0 Å². The predicted molar refractivity (Wildman–Crippen MR) is 33.0 cm³/mol. The summed E-state index contributed by atoms with van der Waals surface area (Å²) in [6, 6.07) is 0. The molecular formula is C4H10O5P+. The van der Waals surface area contributed by atoms with Crippen LogP contribution in [0.5, 0.6) is 0 Å². The lowest BCUT2D eigenvalue weighted by Gasteiger charge is -1.85. The molecular weight excluding hydrogens is 159 g/mol. The van der Waals surface area contributed by atoms with E-state index in [1.54, 1.807) is 13.8 Å². The lowest BCUT2D eigenvalue weighted by atomic mass is 10.9. The van der Waals surface area contributed by atoms with Crippen LogP contribution in [0.25, 0.3) is 0 Å². The van der Waals surface area contributed by atoms with Crippen LogP contribution in [-0.4, -0.2) is 13.2 Å². The Hall–Kier alpha value is -0.0600. The molecule has 0 fully saturated rings. The van der Waals surface area contributed by atoms with Gasteiger partial charge >= 0.3 is 8.25 Å². The van der Waals surface area contributed by atoms with E-state index in [-0.39, 0.29) is 0 Å². The average molecular weight is 169 g/mol. The SMILES string of the molecule is CCOO[P+](=O)OOCC. The Kier molecular flexibility index (Phi) is 7.01. The summed E-state index contributed by atoms with van der Waals surface area (Å²) in [7, 11) is -2.29. The highest BCUT2D eigenvalue weighted by molar-refractivity contribution is 7.32. The largest absolute Gasteiger partial charge is 0.759 e. The van der Waals surface area contributed by atoms with Crippen LogP contribution >= 0.6 is 8.25 Å². The summed E-state index contributed by atoms with van der Waals surface area (Å²) in [6.45, 7) is 4.03. The van der Waals surface area contributed by atoms with Crippen molar-refractivity contribution in [2.75, 3.05) is 13.2 Å². The van der Waals surface area contributed by atoms with Gasteiger partial charge in [-0.2, -0.15) is 9.78 Å². The van der Waals surface area contributed by atoms with Crippen LogP contribution in [0.15, 0.2) is 0 Å². The molecule has 0 aliphatic heterocycles. The molecule has 0 aliphatic carbocycles. The van der Waals surface area contributed by atoms with E-state index in [4.69, 9.17) is 0 Å². The minimum atomic E-state index is -2.29. The monoisotopic (exact) mass is 169 g/mol. The molecule has 60 valence electrons. The smallest absolute Gasteiger partial charge is 0.187 e. The summed E-state index contributed by atoms with van der Waals surface area (Å²) < 4.78 is 18.7. The molecule has 0 rings (SSSR count). The van der Waals surface area contributed by atoms with Gasteiger partial charge in [0.05, 0.1) is 22.6 Å². The molecule has 0 saturated carbocycles. The fourth-order valence-electron chi connectivity index (χ4n) is 0.204. The summed E-state index contributed by atoms with van der Waals surface area (Å²) in [5, 5.41) is 0. The van der Waals surface area contributed by atoms with E-state index in [0.717, 1.165) is 0 Å². The maximum Gasteiger partial charge on any atom is 0.759 e. The molecule has 0 bridgehead atoms. The maximum absolute atomic E-state index is 10.4. The number of rotatable bonds is 6. The van der Waals surface area contributed by atoms with Crippen molar-refractivity contribution < 1.29 is 23.7 Å². The number of hydrogen-bond acceptors (Lipinski definition) is 5. The van der Waals surface area contributed by atoms with Crippen molar-refractivity contribution in [1.82, 2.24) is 0 Å². The van der Waals surface area contributed by atoms with Crippen molar-refractivity contribution in [3.05, 3.63) is 0 Å². The van der Waals surface area contributed by atoms with E-state index in [1.165, 1.54) is 0 Å². The van der Waals surface area contributed by atoms with Gasteiger partial charge in [0.1, 0.15) is 0 Å². The standard InChI is InChI=1S/C4H10O5P/c1-3-6-8-10(5)9-7-4-2/h3-4H2,1-2H3/q+1. The second-order valence-corrected chi connectivity index (χ2v) is 1.93. The molecule has 0 N–H and O–H groups in total. The third-order valence-corrected chi connectivity index (χ3v) is 0.917. The van der Waals surface area contributed by atoms with Crippen LogP contribution in [0, 0.1) is 0 Å². The van der Waals surface area contributed by atoms with Gasteiger partial charge in [-0.3, -0.25) is 0 Å². The minimum absolute atomic E-state index is 0.316. The van der Waals surface area contributed by atoms with Gasteiger partial charge in [-0.05, 0) is 13.8 Å². The van der Waals surface area contributed by atoms with Gasteiger partial charge in [0.25, 0.3) is 0 Å². The molecule has 6 heteroatoms. The van der Waals surface area contributed by atoms with Gasteiger partial charge in [-0.1, -0.05) is 0 Å². The Morgan fingerprint density at radius 2 is 1.50 bits per heavy atom. The molecule has 5 nitrogen and oxygen atoms in total. The van der Waals surface area contributed by atoms with Crippen molar-refractivity contribution in [3.8, 4) is 0 Å². The third-order valence-electron chi connectivity index (χ3n) is 0.463. The van der Waals surface area contributed by atoms with Gasteiger partial charge in [0, 0.05) is 4.57 Å². The van der Waals surface area contributed by atoms with Gasteiger partial charge < -0.3 is 0 Å². The van der Waals surface area contributed by atoms with Gasteiger partial charge in [-0.25, -0.2) is 0 Å². The summed E-state index contributed by atoms with van der Waals surface area (Å²) in [4.78, 5) is 8.61. The van der Waals surface area contributed by atoms with E-state index in [2.05, 4.69) is 19.1 Å². The second-order valence-electron chi connectivity index (χ2n) is 1.19. The first-order chi connectivity index (χ1) is 4.81. The highest BCUT2D eigenvalue weighted by atomic mass is 31.1. The molecule has 0 saturated heterocycles. The van der Waals surface area contributed by atoms with Gasteiger partial charge in [-0.15, -0.1) is 0 Å². The summed E-state index contributed by atoms with van der Waals surface area (Å²) >= 11 is 0. The predicted octanol–water partition coefficient (Wildman–Crippen LogP) is 1.58. The highest BCUT2D eigenvalue weighted by Crippen LogP contribution is 2.23. The Morgan fingerprint density at radius 3 is 1.80 bits per heavy atom. The van der Waals surface area contributed by atoms with E-state index in [9.17, 15) is 4.57 Å². The van der Waals surface area contributed by atoms with Crippen LogP contribution in [0.2, 0.25) is 0 Å². The lowest BCUT2D eigenvalue weighted by molar-refractivity contribution is -0.255. The van der Waals surface area contributed by atoms with Crippen LogP contribution in [-0.2, 0) is 23.7 Å². The molecule has 0 amide bonds. The van der Waals surface area contributed by atoms with Crippen LogP contribution in [0.3, 0.4) is 0 Å². The summed E-state index contributed by atoms with van der Waals surface area (Å²) in [6.07, 6.45) is 0. The number of hydrogen-bond donors (Lipinski definition) is 0. The van der Waals surface area contributed by atoms with Gasteiger partial charge in [0.2, 0.25) is 0 Å². The van der Waals surface area contributed by atoms with Crippen LogP contribution < -0.4 is 0 Å².